The van der Waals surface area contributed by atoms with Crippen LogP contribution in [0.2, 0.25) is 0 Å². The number of benzene rings is 1. The molecule has 0 heterocycles. The van der Waals surface area contributed by atoms with Gasteiger partial charge in [-0.15, -0.1) is 0 Å². The van der Waals surface area contributed by atoms with E-state index in [0.717, 1.165) is 0 Å². The molecule has 0 fully saturated rings. The van der Waals surface area contributed by atoms with E-state index < -0.39 is 10.0 Å². The van der Waals surface area contributed by atoms with Gasteiger partial charge >= 0.3 is 0 Å². The van der Waals surface area contributed by atoms with Crippen molar-refractivity contribution in [1.82, 2.24) is 4.31 Å². The lowest BCUT2D eigenvalue weighted by atomic mass is 10.2. The van der Waals surface area contributed by atoms with Gasteiger partial charge in [0.1, 0.15) is 11.0 Å². The van der Waals surface area contributed by atoms with E-state index in [9.17, 15) is 8.42 Å². The molecular formula is C15H23N3O2S. The third-order valence-electron chi connectivity index (χ3n) is 2.88. The zero-order valence-corrected chi connectivity index (χ0v) is 13.8. The summed E-state index contributed by atoms with van der Waals surface area (Å²) in [6.45, 7) is 8.73. The van der Waals surface area contributed by atoms with Gasteiger partial charge in [-0.2, -0.15) is 9.57 Å². The zero-order chi connectivity index (χ0) is 16.2. The van der Waals surface area contributed by atoms with E-state index in [1.807, 2.05) is 33.8 Å². The standard InChI is InChI=1S/C15H23N3O2S/c1-11(2)9-18(10-12(3)4)21(19,20)15-6-5-14(17)7-13(15)8-16/h5-7,11-12H,9-10,17H2,1-4H3. The summed E-state index contributed by atoms with van der Waals surface area (Å²) in [6, 6.07) is 6.24. The Bertz CT molecular complexity index is 621. The molecule has 0 unspecified atom stereocenters. The summed E-state index contributed by atoms with van der Waals surface area (Å²) in [5.41, 5.74) is 6.09. The van der Waals surface area contributed by atoms with Gasteiger partial charge < -0.3 is 5.73 Å². The van der Waals surface area contributed by atoms with Crippen molar-refractivity contribution in [2.75, 3.05) is 18.8 Å². The molecule has 0 aromatic heterocycles. The van der Waals surface area contributed by atoms with Crippen molar-refractivity contribution in [2.24, 2.45) is 11.8 Å². The van der Waals surface area contributed by atoms with Crippen molar-refractivity contribution in [3.8, 4) is 6.07 Å². The van der Waals surface area contributed by atoms with Gasteiger partial charge in [-0.3, -0.25) is 0 Å². The highest BCUT2D eigenvalue weighted by Crippen LogP contribution is 2.23. The van der Waals surface area contributed by atoms with E-state index in [0.29, 0.717) is 18.8 Å². The lowest BCUT2D eigenvalue weighted by molar-refractivity contribution is 0.333. The summed E-state index contributed by atoms with van der Waals surface area (Å²) in [6.07, 6.45) is 0. The Labute approximate surface area is 127 Å². The molecule has 0 saturated heterocycles. The van der Waals surface area contributed by atoms with Gasteiger partial charge in [0.2, 0.25) is 10.0 Å². The van der Waals surface area contributed by atoms with Gasteiger partial charge in [-0.25, -0.2) is 8.42 Å². The van der Waals surface area contributed by atoms with Crippen molar-refractivity contribution in [1.29, 1.82) is 5.26 Å². The maximum atomic E-state index is 12.8. The van der Waals surface area contributed by atoms with Gasteiger partial charge in [-0.05, 0) is 30.0 Å². The molecule has 0 spiro atoms. The fourth-order valence-corrected chi connectivity index (χ4v) is 3.97. The van der Waals surface area contributed by atoms with E-state index in [1.165, 1.54) is 22.5 Å². The van der Waals surface area contributed by atoms with Crippen LogP contribution in [0.1, 0.15) is 33.3 Å². The largest absolute Gasteiger partial charge is 0.399 e. The third-order valence-corrected chi connectivity index (χ3v) is 4.77. The molecule has 1 rings (SSSR count). The van der Waals surface area contributed by atoms with Crippen LogP contribution in [0.3, 0.4) is 0 Å². The number of nitrogens with two attached hydrogens (primary N) is 1. The Hall–Kier alpha value is -1.58. The minimum absolute atomic E-state index is 0.0282. The number of nitrogen functional groups attached to an aromatic ring is 1. The Morgan fingerprint density at radius 1 is 1.19 bits per heavy atom. The highest BCUT2D eigenvalue weighted by Gasteiger charge is 2.28. The van der Waals surface area contributed by atoms with Crippen molar-refractivity contribution in [2.45, 2.75) is 32.6 Å². The average molecular weight is 309 g/mol. The molecule has 6 heteroatoms. The maximum absolute atomic E-state index is 12.8. The lowest BCUT2D eigenvalue weighted by Crippen LogP contribution is -2.37. The maximum Gasteiger partial charge on any atom is 0.244 e. The van der Waals surface area contributed by atoms with Gasteiger partial charge in [0.05, 0.1) is 5.56 Å². The number of anilines is 1. The smallest absolute Gasteiger partial charge is 0.244 e. The Balaban J connectivity index is 3.32. The summed E-state index contributed by atoms with van der Waals surface area (Å²) >= 11 is 0. The molecule has 0 aliphatic carbocycles. The molecule has 21 heavy (non-hydrogen) atoms. The van der Waals surface area contributed by atoms with Crippen molar-refractivity contribution in [3.63, 3.8) is 0 Å². The van der Waals surface area contributed by atoms with E-state index in [4.69, 9.17) is 11.0 Å². The predicted molar refractivity (Wildman–Crippen MR) is 84.0 cm³/mol. The fourth-order valence-electron chi connectivity index (χ4n) is 2.08. The van der Waals surface area contributed by atoms with Crippen LogP contribution >= 0.6 is 0 Å². The second-order valence-electron chi connectivity index (χ2n) is 5.98. The number of rotatable bonds is 6. The molecular weight excluding hydrogens is 286 g/mol. The molecule has 0 atom stereocenters. The van der Waals surface area contributed by atoms with Crippen LogP contribution in [-0.4, -0.2) is 25.8 Å². The molecule has 1 aromatic carbocycles. The van der Waals surface area contributed by atoms with Crippen LogP contribution in [0.4, 0.5) is 5.69 Å². The van der Waals surface area contributed by atoms with Gasteiger partial charge in [-0.1, -0.05) is 27.7 Å². The summed E-state index contributed by atoms with van der Waals surface area (Å²) in [5, 5.41) is 9.16. The van der Waals surface area contributed by atoms with E-state index in [-0.39, 0.29) is 22.3 Å². The van der Waals surface area contributed by atoms with Crippen molar-refractivity contribution in [3.05, 3.63) is 23.8 Å². The number of nitriles is 1. The molecule has 0 amide bonds. The van der Waals surface area contributed by atoms with E-state index >= 15 is 0 Å². The monoisotopic (exact) mass is 309 g/mol. The van der Waals surface area contributed by atoms with Crippen LogP contribution < -0.4 is 5.73 Å². The highest BCUT2D eigenvalue weighted by molar-refractivity contribution is 7.89. The molecule has 2 N–H and O–H groups in total. The Kier molecular flexibility index (Phi) is 5.76. The molecule has 116 valence electrons. The van der Waals surface area contributed by atoms with E-state index in [2.05, 4.69) is 0 Å². The summed E-state index contributed by atoms with van der Waals surface area (Å²) < 4.78 is 27.1. The second-order valence-corrected chi connectivity index (χ2v) is 7.88. The molecule has 0 radical (unpaired) electrons. The number of hydrogen-bond donors (Lipinski definition) is 1. The highest BCUT2D eigenvalue weighted by atomic mass is 32.2. The van der Waals surface area contributed by atoms with Crippen molar-refractivity contribution >= 4 is 15.7 Å². The minimum atomic E-state index is -3.70. The quantitative estimate of drug-likeness (QED) is 0.818. The SMILES string of the molecule is CC(C)CN(CC(C)C)S(=O)(=O)c1ccc(N)cc1C#N. The Morgan fingerprint density at radius 3 is 2.14 bits per heavy atom. The zero-order valence-electron chi connectivity index (χ0n) is 13.0. The van der Waals surface area contributed by atoms with Crippen molar-refractivity contribution < 1.29 is 8.42 Å². The first-order valence-corrected chi connectivity index (χ1v) is 8.42. The first-order valence-electron chi connectivity index (χ1n) is 6.98. The molecule has 0 aliphatic heterocycles. The topological polar surface area (TPSA) is 87.2 Å². The van der Waals surface area contributed by atoms with Crippen LogP contribution in [-0.2, 0) is 10.0 Å². The summed E-state index contributed by atoms with van der Waals surface area (Å²) in [7, 11) is -3.70. The molecule has 1 aromatic rings. The molecule has 0 aliphatic rings. The van der Waals surface area contributed by atoms with Gasteiger partial charge in [0, 0.05) is 18.8 Å². The van der Waals surface area contributed by atoms with Crippen LogP contribution in [0.5, 0.6) is 0 Å². The van der Waals surface area contributed by atoms with Gasteiger partial charge in [0.25, 0.3) is 0 Å². The van der Waals surface area contributed by atoms with E-state index in [1.54, 1.807) is 0 Å². The molecule has 5 nitrogen and oxygen atoms in total. The van der Waals surface area contributed by atoms with Gasteiger partial charge in [0.15, 0.2) is 0 Å². The normalized spacial score (nSPS) is 12.1. The average Bonchev–Trinajstić information content (AvgIpc) is 2.36. The number of sulfonamides is 1. The van der Waals surface area contributed by atoms with Crippen LogP contribution in [0.15, 0.2) is 23.1 Å². The second kappa shape index (κ2) is 6.92. The Morgan fingerprint density at radius 2 is 1.71 bits per heavy atom. The molecule has 0 bridgehead atoms. The number of hydrogen-bond acceptors (Lipinski definition) is 4. The first kappa shape index (κ1) is 17.5. The lowest BCUT2D eigenvalue weighted by Gasteiger charge is -2.26. The van der Waals surface area contributed by atoms with Crippen LogP contribution in [0.25, 0.3) is 0 Å². The first-order chi connectivity index (χ1) is 9.68. The minimum Gasteiger partial charge on any atom is -0.399 e. The number of nitrogens with zero attached hydrogens (tertiary/aromatic N) is 2. The van der Waals surface area contributed by atoms with Crippen LogP contribution in [0, 0.1) is 23.2 Å². The summed E-state index contributed by atoms with van der Waals surface area (Å²) in [5.74, 6) is 0.413. The predicted octanol–water partition coefficient (Wildman–Crippen LogP) is 2.44. The molecule has 0 saturated carbocycles. The fraction of sp³-hybridized carbons (Fsp3) is 0.533. The summed E-state index contributed by atoms with van der Waals surface area (Å²) in [4.78, 5) is 0.0282. The third kappa shape index (κ3) is 4.45.